The van der Waals surface area contributed by atoms with Crippen LogP contribution < -0.4 is 20.9 Å². The lowest BCUT2D eigenvalue weighted by molar-refractivity contribution is -0.117. The van der Waals surface area contributed by atoms with Crippen molar-refractivity contribution in [1.29, 1.82) is 0 Å². The Kier molecular flexibility index (Phi) is 5.50. The average Bonchev–Trinajstić information content (AvgIpc) is 2.72. The summed E-state index contributed by atoms with van der Waals surface area (Å²) >= 11 is 0. The summed E-state index contributed by atoms with van der Waals surface area (Å²) < 4.78 is 0. The van der Waals surface area contributed by atoms with Gasteiger partial charge in [0, 0.05) is 60.6 Å². The highest BCUT2D eigenvalue weighted by Crippen LogP contribution is 2.44. The highest BCUT2D eigenvalue weighted by atomic mass is 16.2. The SMILES string of the molecule is CC(=O)N1c2ccc(N3CCC(N)CC3)cc2C(Nc2ccccc2)[C@@H](C)[C@@H]1C. The molecule has 3 atom stereocenters. The number of anilines is 3. The summed E-state index contributed by atoms with van der Waals surface area (Å²) in [5.41, 5.74) is 10.6. The molecule has 154 valence electrons. The first-order chi connectivity index (χ1) is 14.0. The molecule has 2 aliphatic heterocycles. The van der Waals surface area contributed by atoms with Crippen molar-refractivity contribution >= 4 is 23.0 Å². The van der Waals surface area contributed by atoms with Crippen LogP contribution in [0.25, 0.3) is 0 Å². The predicted molar refractivity (Wildman–Crippen MR) is 120 cm³/mol. The van der Waals surface area contributed by atoms with Gasteiger partial charge in [0.1, 0.15) is 0 Å². The molecule has 5 heteroatoms. The van der Waals surface area contributed by atoms with E-state index in [1.807, 2.05) is 11.0 Å². The second-order valence-corrected chi connectivity index (χ2v) is 8.54. The monoisotopic (exact) mass is 392 g/mol. The number of hydrogen-bond donors (Lipinski definition) is 2. The number of para-hydroxylation sites is 1. The lowest BCUT2D eigenvalue weighted by atomic mass is 9.82. The number of fused-ring (bicyclic) bond motifs is 1. The average molecular weight is 393 g/mol. The maximum absolute atomic E-state index is 12.5. The molecule has 0 saturated carbocycles. The highest BCUT2D eigenvalue weighted by molar-refractivity contribution is 5.94. The second kappa shape index (κ2) is 8.07. The number of nitrogens with one attached hydrogen (secondary N) is 1. The number of nitrogens with two attached hydrogens (primary N) is 1. The van der Waals surface area contributed by atoms with Gasteiger partial charge in [-0.1, -0.05) is 25.1 Å². The Hall–Kier alpha value is -2.53. The molecule has 5 nitrogen and oxygen atoms in total. The fraction of sp³-hybridized carbons (Fsp3) is 0.458. The summed E-state index contributed by atoms with van der Waals surface area (Å²) in [6, 6.07) is 17.5. The van der Waals surface area contributed by atoms with Gasteiger partial charge >= 0.3 is 0 Å². The topological polar surface area (TPSA) is 61.6 Å². The molecule has 1 fully saturated rings. The quantitative estimate of drug-likeness (QED) is 0.823. The molecule has 1 amide bonds. The molecule has 4 rings (SSSR count). The maximum atomic E-state index is 12.5. The van der Waals surface area contributed by atoms with Crippen molar-refractivity contribution in [2.24, 2.45) is 11.7 Å². The molecule has 0 spiro atoms. The van der Waals surface area contributed by atoms with Gasteiger partial charge in [0.15, 0.2) is 0 Å². The van der Waals surface area contributed by atoms with Crippen LogP contribution in [-0.2, 0) is 4.79 Å². The van der Waals surface area contributed by atoms with E-state index in [0.717, 1.165) is 37.3 Å². The Bertz CT molecular complexity index is 860. The standard InChI is InChI=1S/C24H32N4O/c1-16-17(2)28(18(3)29)23-10-9-21(27-13-11-19(25)12-14-27)15-22(23)24(16)26-20-7-5-4-6-8-20/h4-10,15-17,19,24,26H,11-14,25H2,1-3H3/t16-,17-,24?/m0/s1. The van der Waals surface area contributed by atoms with E-state index in [0.29, 0.717) is 6.04 Å². The van der Waals surface area contributed by atoms with E-state index in [1.54, 1.807) is 6.92 Å². The Balaban J connectivity index is 1.74. The van der Waals surface area contributed by atoms with Gasteiger partial charge in [-0.05, 0) is 50.1 Å². The lowest BCUT2D eigenvalue weighted by Crippen LogP contribution is -2.48. The molecule has 0 radical (unpaired) electrons. The highest BCUT2D eigenvalue weighted by Gasteiger charge is 2.38. The fourth-order valence-electron chi connectivity index (χ4n) is 4.76. The van der Waals surface area contributed by atoms with E-state index in [2.05, 4.69) is 66.5 Å². The maximum Gasteiger partial charge on any atom is 0.224 e. The third-order valence-corrected chi connectivity index (χ3v) is 6.64. The molecule has 0 aromatic heterocycles. The number of carbonyl (C=O) groups excluding carboxylic acids is 1. The van der Waals surface area contributed by atoms with Crippen LogP contribution in [0.1, 0.15) is 45.2 Å². The minimum Gasteiger partial charge on any atom is -0.378 e. The van der Waals surface area contributed by atoms with Gasteiger partial charge in [-0.2, -0.15) is 0 Å². The van der Waals surface area contributed by atoms with Crippen LogP contribution in [0.4, 0.5) is 17.1 Å². The van der Waals surface area contributed by atoms with Crippen molar-refractivity contribution in [2.75, 3.05) is 28.2 Å². The molecule has 2 heterocycles. The molecule has 3 N–H and O–H groups in total. The summed E-state index contributed by atoms with van der Waals surface area (Å²) in [5, 5.41) is 3.74. The van der Waals surface area contributed by atoms with Gasteiger partial charge in [-0.25, -0.2) is 0 Å². The Morgan fingerprint density at radius 1 is 1.07 bits per heavy atom. The number of carbonyl (C=O) groups is 1. The van der Waals surface area contributed by atoms with Crippen LogP contribution in [0.5, 0.6) is 0 Å². The molecule has 1 unspecified atom stereocenters. The first-order valence-electron chi connectivity index (χ1n) is 10.7. The van der Waals surface area contributed by atoms with E-state index < -0.39 is 0 Å². The van der Waals surface area contributed by atoms with Gasteiger partial charge in [0.2, 0.25) is 5.91 Å². The minimum absolute atomic E-state index is 0.0976. The van der Waals surface area contributed by atoms with Gasteiger partial charge in [0.05, 0.1) is 6.04 Å². The number of rotatable bonds is 3. The number of hydrogen-bond acceptors (Lipinski definition) is 4. The molecule has 2 aromatic rings. The van der Waals surface area contributed by atoms with E-state index in [-0.39, 0.29) is 23.9 Å². The van der Waals surface area contributed by atoms with Crippen molar-refractivity contribution in [1.82, 2.24) is 0 Å². The third-order valence-electron chi connectivity index (χ3n) is 6.64. The molecule has 0 aliphatic carbocycles. The first-order valence-corrected chi connectivity index (χ1v) is 10.7. The van der Waals surface area contributed by atoms with Crippen molar-refractivity contribution in [3.8, 4) is 0 Å². The Labute approximate surface area is 173 Å². The lowest BCUT2D eigenvalue weighted by Gasteiger charge is -2.44. The van der Waals surface area contributed by atoms with Crippen LogP contribution in [0.3, 0.4) is 0 Å². The van der Waals surface area contributed by atoms with Gasteiger partial charge < -0.3 is 20.9 Å². The minimum atomic E-state index is 0.0976. The van der Waals surface area contributed by atoms with E-state index in [9.17, 15) is 4.79 Å². The smallest absolute Gasteiger partial charge is 0.224 e. The first kappa shape index (κ1) is 19.8. The molecule has 0 bridgehead atoms. The summed E-state index contributed by atoms with van der Waals surface area (Å²) in [5.74, 6) is 0.372. The molecular weight excluding hydrogens is 360 g/mol. The predicted octanol–water partition coefficient (Wildman–Crippen LogP) is 4.16. The summed E-state index contributed by atoms with van der Waals surface area (Å²) in [7, 11) is 0. The third kappa shape index (κ3) is 3.84. The van der Waals surface area contributed by atoms with Crippen molar-refractivity contribution in [2.45, 2.75) is 51.7 Å². The normalized spacial score (nSPS) is 24.9. The van der Waals surface area contributed by atoms with Crippen molar-refractivity contribution < 1.29 is 4.79 Å². The molecule has 29 heavy (non-hydrogen) atoms. The van der Waals surface area contributed by atoms with Crippen LogP contribution in [0, 0.1) is 5.92 Å². The zero-order valence-corrected chi connectivity index (χ0v) is 17.6. The van der Waals surface area contributed by atoms with E-state index in [1.165, 1.54) is 11.3 Å². The molecule has 2 aromatic carbocycles. The second-order valence-electron chi connectivity index (χ2n) is 8.54. The van der Waals surface area contributed by atoms with Gasteiger partial charge in [0.25, 0.3) is 0 Å². The molecule has 2 aliphatic rings. The molecule has 1 saturated heterocycles. The van der Waals surface area contributed by atoms with E-state index >= 15 is 0 Å². The van der Waals surface area contributed by atoms with Gasteiger partial charge in [-0.15, -0.1) is 0 Å². The molecular formula is C24H32N4O. The Morgan fingerprint density at radius 2 is 1.76 bits per heavy atom. The number of amides is 1. The largest absolute Gasteiger partial charge is 0.378 e. The summed E-state index contributed by atoms with van der Waals surface area (Å²) in [6.45, 7) is 8.02. The summed E-state index contributed by atoms with van der Waals surface area (Å²) in [4.78, 5) is 16.9. The van der Waals surface area contributed by atoms with Crippen LogP contribution in [-0.4, -0.2) is 31.1 Å². The van der Waals surface area contributed by atoms with Gasteiger partial charge in [-0.3, -0.25) is 4.79 Å². The number of benzene rings is 2. The van der Waals surface area contributed by atoms with Crippen LogP contribution in [0.2, 0.25) is 0 Å². The zero-order chi connectivity index (χ0) is 20.5. The zero-order valence-electron chi connectivity index (χ0n) is 17.6. The number of nitrogens with zero attached hydrogens (tertiary/aromatic N) is 2. The van der Waals surface area contributed by atoms with Crippen LogP contribution in [0.15, 0.2) is 48.5 Å². The summed E-state index contributed by atoms with van der Waals surface area (Å²) in [6.07, 6.45) is 2.05. The van der Waals surface area contributed by atoms with E-state index in [4.69, 9.17) is 5.73 Å². The van der Waals surface area contributed by atoms with Crippen molar-refractivity contribution in [3.05, 3.63) is 54.1 Å². The van der Waals surface area contributed by atoms with Crippen LogP contribution >= 0.6 is 0 Å². The fourth-order valence-corrected chi connectivity index (χ4v) is 4.76. The number of piperidine rings is 1. The van der Waals surface area contributed by atoms with Crippen molar-refractivity contribution in [3.63, 3.8) is 0 Å². The Morgan fingerprint density at radius 3 is 2.41 bits per heavy atom.